The minimum atomic E-state index is -4.93. The van der Waals surface area contributed by atoms with Crippen molar-refractivity contribution in [1.29, 1.82) is 0 Å². The van der Waals surface area contributed by atoms with Crippen LogP contribution in [0.2, 0.25) is 0 Å². The highest BCUT2D eigenvalue weighted by molar-refractivity contribution is 7.47. The van der Waals surface area contributed by atoms with Gasteiger partial charge < -0.3 is 34.2 Å². The van der Waals surface area contributed by atoms with Crippen LogP contribution in [0.15, 0.2) is 146 Å². The summed E-state index contributed by atoms with van der Waals surface area (Å²) in [6.07, 6.45) is 101. The van der Waals surface area contributed by atoms with E-state index in [0.29, 0.717) is 19.3 Å². The van der Waals surface area contributed by atoms with Crippen molar-refractivity contribution in [3.8, 4) is 0 Å². The normalized spacial score (nSPS) is 14.6. The van der Waals surface area contributed by atoms with Crippen molar-refractivity contribution in [2.24, 2.45) is 0 Å². The Hall–Kier alpha value is -4.57. The van der Waals surface area contributed by atoms with Crippen molar-refractivity contribution in [2.75, 3.05) is 39.6 Å². The van der Waals surface area contributed by atoms with E-state index >= 15 is 0 Å². The molecule has 0 amide bonds. The van der Waals surface area contributed by atoms with Gasteiger partial charge >= 0.3 is 33.6 Å². The van der Waals surface area contributed by atoms with Gasteiger partial charge in [0.1, 0.15) is 25.4 Å². The summed E-state index contributed by atoms with van der Waals surface area (Å²) in [5.74, 6) is -1.57. The van der Waals surface area contributed by atoms with E-state index in [0.717, 1.165) is 161 Å². The van der Waals surface area contributed by atoms with E-state index < -0.39 is 91.5 Å². The maximum atomic E-state index is 12.9. The number of carbonyl (C=O) groups excluding carboxylic acids is 3. The summed E-state index contributed by atoms with van der Waals surface area (Å²) < 4.78 is 61.2. The molecule has 0 saturated carbocycles. The molecule has 0 aromatic heterocycles. The largest absolute Gasteiger partial charge is 0.472 e. The van der Waals surface area contributed by atoms with Crippen molar-refractivity contribution in [1.82, 2.24) is 0 Å². The highest BCUT2D eigenvalue weighted by Gasteiger charge is 2.29. The third-order valence-electron chi connectivity index (χ3n) is 17.6. The molecular formula is C89H152O16P2. The Kier molecular flexibility index (Phi) is 77.5. The molecule has 0 aromatic rings. The van der Waals surface area contributed by atoms with Crippen molar-refractivity contribution in [2.45, 2.75) is 360 Å². The van der Waals surface area contributed by atoms with Crippen LogP contribution in [0.25, 0.3) is 0 Å². The molecule has 0 radical (unpaired) electrons. The van der Waals surface area contributed by atoms with Gasteiger partial charge in [-0.05, 0) is 122 Å². The van der Waals surface area contributed by atoms with E-state index in [2.05, 4.69) is 167 Å². The summed E-state index contributed by atoms with van der Waals surface area (Å²) >= 11 is 0. The molecule has 614 valence electrons. The molecule has 0 aliphatic rings. The average Bonchev–Trinajstić information content (AvgIpc) is 0.910. The summed E-state index contributed by atoms with van der Waals surface area (Å²) in [7, 11) is -9.79. The smallest absolute Gasteiger partial charge is 0.463 e. The molecule has 5 unspecified atom stereocenters. The second-order valence-corrected chi connectivity index (χ2v) is 30.8. The second kappa shape index (κ2) is 80.9. The molecule has 0 aliphatic carbocycles. The molecule has 0 saturated heterocycles. The highest BCUT2D eigenvalue weighted by Crippen LogP contribution is 2.45. The first-order valence-corrected chi connectivity index (χ1v) is 45.1. The van der Waals surface area contributed by atoms with Crippen LogP contribution in [0.5, 0.6) is 0 Å². The summed E-state index contributed by atoms with van der Waals surface area (Å²) in [4.78, 5) is 58.7. The predicted octanol–water partition coefficient (Wildman–Crippen LogP) is 25.2. The Bertz CT molecular complexity index is 2530. The van der Waals surface area contributed by atoms with Gasteiger partial charge in [0.15, 0.2) is 6.10 Å². The Balaban J connectivity index is 4.42. The van der Waals surface area contributed by atoms with E-state index in [1.165, 1.54) is 122 Å². The molecule has 0 bridgehead atoms. The van der Waals surface area contributed by atoms with Crippen molar-refractivity contribution >= 4 is 33.6 Å². The van der Waals surface area contributed by atoms with Gasteiger partial charge in [-0.2, -0.15) is 0 Å². The van der Waals surface area contributed by atoms with E-state index in [1.807, 2.05) is 0 Å². The first kappa shape index (κ1) is 102. The number of allylic oxidation sites excluding steroid dienone is 24. The first-order chi connectivity index (χ1) is 52.2. The first-order valence-electron chi connectivity index (χ1n) is 42.1. The van der Waals surface area contributed by atoms with Crippen LogP contribution in [0.1, 0.15) is 342 Å². The topological polar surface area (TPSA) is 231 Å². The third-order valence-corrected chi connectivity index (χ3v) is 19.5. The summed E-state index contributed by atoms with van der Waals surface area (Å²) in [5, 5.41) is 20.6. The zero-order valence-corrected chi connectivity index (χ0v) is 69.1. The van der Waals surface area contributed by atoms with Crippen LogP contribution in [0.4, 0.5) is 0 Å². The van der Waals surface area contributed by atoms with E-state index in [4.69, 9.17) is 32.3 Å². The summed E-state index contributed by atoms with van der Waals surface area (Å²) in [6, 6.07) is 0. The molecule has 0 aliphatic heterocycles. The molecule has 18 heteroatoms. The number of ether oxygens (including phenoxy) is 3. The lowest BCUT2D eigenvalue weighted by Crippen LogP contribution is -2.30. The molecule has 0 spiro atoms. The van der Waals surface area contributed by atoms with Gasteiger partial charge in [-0.15, -0.1) is 0 Å². The molecule has 107 heavy (non-hydrogen) atoms. The van der Waals surface area contributed by atoms with Gasteiger partial charge in [-0.25, -0.2) is 9.13 Å². The van der Waals surface area contributed by atoms with E-state index in [9.17, 15) is 43.5 Å². The number of hydrogen-bond donors (Lipinski definition) is 4. The van der Waals surface area contributed by atoms with Crippen LogP contribution in [0, 0.1) is 0 Å². The second-order valence-electron chi connectivity index (χ2n) is 27.9. The van der Waals surface area contributed by atoms with Crippen molar-refractivity contribution in [3.05, 3.63) is 146 Å². The molecular weight excluding hydrogens is 1390 g/mol. The molecule has 16 nitrogen and oxygen atoms in total. The van der Waals surface area contributed by atoms with Gasteiger partial charge in [-0.3, -0.25) is 32.5 Å². The molecule has 0 fully saturated rings. The minimum absolute atomic E-state index is 0.104. The van der Waals surface area contributed by atoms with E-state index in [1.54, 1.807) is 0 Å². The SMILES string of the molecule is CC/C=C\C/C=C\C/C=C\C/C=C\C/C=C\C/C=C\CCCCCCCCCCCCCCC(=O)OCC(O)COP(=O)(O)OCC(O)COP(=O)(O)OCC(COC(=O)CCCCCCCCCCCC/C=C\C/C=C\C/C=C\C/C=C\C/C=C\C/C=C\CC)OC(=O)CCCCCCCCCCCCC. The van der Waals surface area contributed by atoms with Crippen molar-refractivity contribution < 1.29 is 75.8 Å². The quantitative estimate of drug-likeness (QED) is 0.0146. The molecule has 0 aromatic carbocycles. The number of phosphoric acid groups is 2. The zero-order chi connectivity index (χ0) is 78.0. The average molecular weight is 1540 g/mol. The van der Waals surface area contributed by atoms with Gasteiger partial charge in [0.25, 0.3) is 0 Å². The van der Waals surface area contributed by atoms with Crippen LogP contribution < -0.4 is 0 Å². The Morgan fingerprint density at radius 1 is 0.271 bits per heavy atom. The number of esters is 3. The Morgan fingerprint density at radius 2 is 0.495 bits per heavy atom. The molecule has 4 N–H and O–H groups in total. The van der Waals surface area contributed by atoms with Crippen LogP contribution in [-0.4, -0.2) is 95.9 Å². The number of hydrogen-bond acceptors (Lipinski definition) is 14. The molecule has 0 heterocycles. The van der Waals surface area contributed by atoms with E-state index in [-0.39, 0.29) is 19.3 Å². The Morgan fingerprint density at radius 3 is 0.785 bits per heavy atom. The lowest BCUT2D eigenvalue weighted by molar-refractivity contribution is -0.161. The zero-order valence-electron chi connectivity index (χ0n) is 67.3. The number of aliphatic hydroxyl groups is 2. The van der Waals surface area contributed by atoms with Crippen LogP contribution >= 0.6 is 15.6 Å². The fourth-order valence-electron chi connectivity index (χ4n) is 11.2. The minimum Gasteiger partial charge on any atom is -0.463 e. The van der Waals surface area contributed by atoms with Crippen LogP contribution in [0.3, 0.4) is 0 Å². The standard InChI is InChI=1S/C89H152O16P2/c1-4-7-10-13-16-19-22-24-26-28-30-32-34-36-38-40-41-43-45-46-48-50-52-54-56-58-61-63-66-69-72-75-87(92)99-78-84(90)79-101-106(95,96)102-80-85(91)81-103-107(97,98)104-83-86(105-89(94)77-74-71-68-65-60-21-18-15-12-9-6-3)82-100-88(93)76-73-70-67-64-62-59-57-55-53-51-49-47-44-42-39-37-35-33-31-29-27-25-23-20-17-14-11-8-5-2/h7-8,10-11,16-17,19-20,24-27,30-33,36-39,41,43-44,47,84-86,90-91H,4-6,9,12-15,18,21-23,28-29,34-35,40,42,45-46,48-83H2,1-3H3,(H,95,96)(H,97,98)/b10-7-,11-8-,19-16-,20-17-,26-24-,27-25-,32-30-,33-31-,38-36-,39-37-,43-41-,47-44-. The van der Waals surface area contributed by atoms with Gasteiger partial charge in [0, 0.05) is 19.3 Å². The number of carbonyl (C=O) groups is 3. The highest BCUT2D eigenvalue weighted by atomic mass is 31.2. The lowest BCUT2D eigenvalue weighted by atomic mass is 10.0. The summed E-state index contributed by atoms with van der Waals surface area (Å²) in [6.45, 7) is 2.46. The fourth-order valence-corrected chi connectivity index (χ4v) is 12.8. The number of rotatable bonds is 79. The number of aliphatic hydroxyl groups excluding tert-OH is 2. The number of unbranched alkanes of at least 4 members (excludes halogenated alkanes) is 32. The number of phosphoric ester groups is 2. The lowest BCUT2D eigenvalue weighted by Gasteiger charge is -2.21. The van der Waals surface area contributed by atoms with Crippen LogP contribution in [-0.2, 0) is 55.8 Å². The Labute approximate surface area is 651 Å². The maximum absolute atomic E-state index is 12.9. The van der Waals surface area contributed by atoms with Gasteiger partial charge in [-0.1, -0.05) is 346 Å². The monoisotopic (exact) mass is 1540 g/mol. The van der Waals surface area contributed by atoms with Gasteiger partial charge in [0.05, 0.1) is 26.4 Å². The maximum Gasteiger partial charge on any atom is 0.472 e. The molecule has 5 atom stereocenters. The van der Waals surface area contributed by atoms with Crippen molar-refractivity contribution in [3.63, 3.8) is 0 Å². The summed E-state index contributed by atoms with van der Waals surface area (Å²) in [5.41, 5.74) is 0. The predicted molar refractivity (Wildman–Crippen MR) is 445 cm³/mol. The fraction of sp³-hybridized carbons (Fsp3) is 0.697. The van der Waals surface area contributed by atoms with Gasteiger partial charge in [0.2, 0.25) is 0 Å². The molecule has 0 rings (SSSR count). The third kappa shape index (κ3) is 82.2.